The number of amides is 2. The Labute approximate surface area is 184 Å². The Balaban J connectivity index is 1.32. The van der Waals surface area contributed by atoms with Crippen molar-refractivity contribution in [3.8, 4) is 0 Å². The highest BCUT2D eigenvalue weighted by molar-refractivity contribution is 7.20. The zero-order valence-electron chi connectivity index (χ0n) is 17.8. The van der Waals surface area contributed by atoms with Gasteiger partial charge >= 0.3 is 0 Å². The molecule has 0 spiro atoms. The average molecular weight is 442 g/mol. The maximum Gasteiger partial charge on any atom is 0.261 e. The van der Waals surface area contributed by atoms with E-state index in [4.69, 9.17) is 4.52 Å². The van der Waals surface area contributed by atoms with E-state index in [1.807, 2.05) is 6.07 Å². The van der Waals surface area contributed by atoms with Gasteiger partial charge < -0.3 is 15.2 Å². The molecular weight excluding hydrogens is 414 g/mol. The predicted molar refractivity (Wildman–Crippen MR) is 118 cm³/mol. The molecule has 1 aliphatic rings. The lowest BCUT2D eigenvalue weighted by molar-refractivity contribution is -0.121. The van der Waals surface area contributed by atoms with E-state index in [-0.39, 0.29) is 11.8 Å². The molecule has 31 heavy (non-hydrogen) atoms. The van der Waals surface area contributed by atoms with Gasteiger partial charge in [-0.1, -0.05) is 11.2 Å². The van der Waals surface area contributed by atoms with Crippen molar-refractivity contribution < 1.29 is 14.1 Å². The molecule has 1 saturated carbocycles. The first-order valence-corrected chi connectivity index (χ1v) is 11.5. The quantitative estimate of drug-likeness (QED) is 0.582. The molecule has 2 amide bonds. The van der Waals surface area contributed by atoms with E-state index in [1.54, 1.807) is 20.2 Å². The summed E-state index contributed by atoms with van der Waals surface area (Å²) in [5.41, 5.74) is 1.14. The summed E-state index contributed by atoms with van der Waals surface area (Å²) in [4.78, 5) is 34.9. The molecule has 3 aromatic heterocycles. The van der Waals surface area contributed by atoms with Crippen LogP contribution >= 0.6 is 11.3 Å². The van der Waals surface area contributed by atoms with Gasteiger partial charge in [-0.25, -0.2) is 4.98 Å². The summed E-state index contributed by atoms with van der Waals surface area (Å²) in [5, 5.41) is 10.6. The van der Waals surface area contributed by atoms with E-state index in [0.717, 1.165) is 46.3 Å². The molecule has 0 aliphatic heterocycles. The predicted octanol–water partition coefficient (Wildman–Crippen LogP) is 3.37. The summed E-state index contributed by atoms with van der Waals surface area (Å²) < 4.78 is 5.05. The van der Waals surface area contributed by atoms with Crippen LogP contribution in [0.2, 0.25) is 0 Å². The van der Waals surface area contributed by atoms with Crippen molar-refractivity contribution in [2.75, 3.05) is 13.6 Å². The van der Waals surface area contributed by atoms with Crippen LogP contribution in [0.4, 0.5) is 0 Å². The first kappa shape index (κ1) is 21.4. The fraction of sp³-hybridized carbons (Fsp3) is 0.500. The van der Waals surface area contributed by atoms with Crippen molar-refractivity contribution in [1.82, 2.24) is 25.8 Å². The van der Waals surface area contributed by atoms with Crippen molar-refractivity contribution in [1.29, 1.82) is 0 Å². The van der Waals surface area contributed by atoms with Crippen molar-refractivity contribution in [2.24, 2.45) is 5.92 Å². The van der Waals surface area contributed by atoms with E-state index < -0.39 is 0 Å². The lowest BCUT2D eigenvalue weighted by Gasteiger charge is -2.29. The van der Waals surface area contributed by atoms with Crippen molar-refractivity contribution in [3.05, 3.63) is 40.5 Å². The van der Waals surface area contributed by atoms with Crippen LogP contribution in [0.15, 0.2) is 22.9 Å². The Morgan fingerprint density at radius 1 is 1.26 bits per heavy atom. The topological polar surface area (TPSA) is 110 Å². The molecule has 164 valence electrons. The molecule has 1 fully saturated rings. The molecule has 4 rings (SSSR count). The second kappa shape index (κ2) is 9.55. The maximum absolute atomic E-state index is 12.5. The summed E-state index contributed by atoms with van der Waals surface area (Å²) in [6.07, 6.45) is 6.65. The Bertz CT molecular complexity index is 1070. The Hall–Kier alpha value is -2.81. The number of thiophene rings is 1. The van der Waals surface area contributed by atoms with Crippen LogP contribution in [0.5, 0.6) is 0 Å². The van der Waals surface area contributed by atoms with E-state index >= 15 is 0 Å². The monoisotopic (exact) mass is 441 g/mol. The Morgan fingerprint density at radius 3 is 2.77 bits per heavy atom. The van der Waals surface area contributed by atoms with Crippen LogP contribution in [0.1, 0.15) is 65.0 Å². The number of nitrogens with one attached hydrogen (secondary N) is 2. The third kappa shape index (κ3) is 4.92. The van der Waals surface area contributed by atoms with Crippen LogP contribution < -0.4 is 10.6 Å². The lowest BCUT2D eigenvalue weighted by atomic mass is 9.78. The highest BCUT2D eigenvalue weighted by atomic mass is 32.1. The molecule has 0 radical (unpaired) electrons. The molecule has 0 unspecified atom stereocenters. The summed E-state index contributed by atoms with van der Waals surface area (Å²) in [5.74, 6) is 1.85. The number of nitrogens with zero attached hydrogens (tertiary/aromatic N) is 3. The number of hydrogen-bond donors (Lipinski definition) is 2. The van der Waals surface area contributed by atoms with Gasteiger partial charge in [-0.3, -0.25) is 9.59 Å². The molecule has 2 N–H and O–H groups in total. The Kier molecular flexibility index (Phi) is 6.60. The van der Waals surface area contributed by atoms with Gasteiger partial charge in [0.05, 0.1) is 4.88 Å². The van der Waals surface area contributed by atoms with Crippen LogP contribution in [-0.4, -0.2) is 40.5 Å². The molecule has 0 bridgehead atoms. The van der Waals surface area contributed by atoms with Gasteiger partial charge in [-0.2, -0.15) is 4.98 Å². The van der Waals surface area contributed by atoms with Crippen LogP contribution in [0.3, 0.4) is 0 Å². The second-order valence-corrected chi connectivity index (χ2v) is 9.04. The van der Waals surface area contributed by atoms with E-state index in [1.165, 1.54) is 11.3 Å². The largest absolute Gasteiger partial charge is 0.356 e. The van der Waals surface area contributed by atoms with Crippen molar-refractivity contribution in [2.45, 2.75) is 51.4 Å². The van der Waals surface area contributed by atoms with E-state index in [2.05, 4.69) is 31.8 Å². The maximum atomic E-state index is 12.5. The molecule has 9 heteroatoms. The number of aryl methyl sites for hydroxylation is 2. The molecule has 0 saturated heterocycles. The van der Waals surface area contributed by atoms with Crippen molar-refractivity contribution >= 4 is 33.4 Å². The average Bonchev–Trinajstić information content (AvgIpc) is 3.39. The van der Waals surface area contributed by atoms with Gasteiger partial charge in [0.15, 0.2) is 5.82 Å². The minimum Gasteiger partial charge on any atom is -0.356 e. The minimum absolute atomic E-state index is 0.00906. The number of rotatable bonds is 7. The molecule has 3 heterocycles. The third-order valence-electron chi connectivity index (χ3n) is 5.92. The third-order valence-corrected chi connectivity index (χ3v) is 7.04. The number of aromatic nitrogens is 3. The zero-order chi connectivity index (χ0) is 21.8. The SMILES string of the molecule is CNC(=O)c1sc2ncccc2c1C1CCC(CNC(=O)CCc2nc(C)no2)CC1. The summed E-state index contributed by atoms with van der Waals surface area (Å²) >= 11 is 1.47. The lowest BCUT2D eigenvalue weighted by Crippen LogP contribution is -2.31. The van der Waals surface area contributed by atoms with Gasteiger partial charge in [0.1, 0.15) is 4.83 Å². The summed E-state index contributed by atoms with van der Waals surface area (Å²) in [6, 6.07) is 4.00. The van der Waals surface area contributed by atoms with Gasteiger partial charge in [0.25, 0.3) is 5.91 Å². The molecule has 3 aromatic rings. The fourth-order valence-corrected chi connectivity index (χ4v) is 5.48. The highest BCUT2D eigenvalue weighted by Crippen LogP contribution is 2.43. The van der Waals surface area contributed by atoms with Crippen LogP contribution in [-0.2, 0) is 11.2 Å². The molecule has 1 aliphatic carbocycles. The van der Waals surface area contributed by atoms with E-state index in [0.29, 0.717) is 42.9 Å². The second-order valence-electron chi connectivity index (χ2n) is 8.04. The minimum atomic E-state index is -0.0381. The fourth-order valence-electron chi connectivity index (χ4n) is 4.30. The van der Waals surface area contributed by atoms with Crippen molar-refractivity contribution in [3.63, 3.8) is 0 Å². The number of hydrogen-bond acceptors (Lipinski definition) is 7. The molecule has 0 atom stereocenters. The first-order valence-electron chi connectivity index (χ1n) is 10.7. The normalized spacial score (nSPS) is 18.8. The first-order chi connectivity index (χ1) is 15.0. The van der Waals surface area contributed by atoms with Gasteiger partial charge in [-0.05, 0) is 56.1 Å². The van der Waals surface area contributed by atoms with Crippen LogP contribution in [0, 0.1) is 12.8 Å². The number of fused-ring (bicyclic) bond motifs is 1. The summed E-state index contributed by atoms with van der Waals surface area (Å²) in [6.45, 7) is 2.44. The van der Waals surface area contributed by atoms with Gasteiger partial charge in [0, 0.05) is 38.0 Å². The van der Waals surface area contributed by atoms with Crippen LogP contribution in [0.25, 0.3) is 10.2 Å². The molecular formula is C22H27N5O3S. The van der Waals surface area contributed by atoms with E-state index in [9.17, 15) is 9.59 Å². The summed E-state index contributed by atoms with van der Waals surface area (Å²) in [7, 11) is 1.67. The molecule has 0 aromatic carbocycles. The Morgan fingerprint density at radius 2 is 2.06 bits per heavy atom. The number of pyridine rings is 1. The highest BCUT2D eigenvalue weighted by Gasteiger charge is 2.29. The standard InChI is InChI=1S/C22H27N5O3S/c1-13-26-18(30-27-13)10-9-17(28)25-12-14-5-7-15(8-6-14)19-16-4-3-11-24-22(16)31-20(19)21(29)23-2/h3-4,11,14-15H,5-10,12H2,1-2H3,(H,23,29)(H,25,28). The van der Waals surface area contributed by atoms with Gasteiger partial charge in [-0.15, -0.1) is 11.3 Å². The molecule has 8 nitrogen and oxygen atoms in total. The number of carbonyl (C=O) groups excluding carboxylic acids is 2. The van der Waals surface area contributed by atoms with Gasteiger partial charge in [0.2, 0.25) is 11.8 Å². The zero-order valence-corrected chi connectivity index (χ0v) is 18.6. The smallest absolute Gasteiger partial charge is 0.261 e. The number of carbonyl (C=O) groups is 2.